The second kappa shape index (κ2) is 7.80. The Morgan fingerprint density at radius 3 is 2.65 bits per heavy atom. The minimum Gasteiger partial charge on any atom is -0.311 e. The molecule has 2 nitrogen and oxygen atoms in total. The van der Waals surface area contributed by atoms with E-state index in [0.29, 0.717) is 12.1 Å². The molecule has 0 aliphatic carbocycles. The molecule has 0 radical (unpaired) electrons. The maximum absolute atomic E-state index is 3.73. The van der Waals surface area contributed by atoms with Gasteiger partial charge in [0.15, 0.2) is 0 Å². The Morgan fingerprint density at radius 2 is 2.00 bits per heavy atom. The molecule has 1 saturated heterocycles. The molecule has 1 aromatic carbocycles. The van der Waals surface area contributed by atoms with Crippen LogP contribution in [0.4, 0.5) is 0 Å². The molecule has 0 bridgehead atoms. The predicted molar refractivity (Wildman–Crippen MR) is 87.1 cm³/mol. The van der Waals surface area contributed by atoms with Gasteiger partial charge in [0.2, 0.25) is 0 Å². The lowest BCUT2D eigenvalue weighted by Crippen LogP contribution is -2.58. The van der Waals surface area contributed by atoms with E-state index in [9.17, 15) is 0 Å². The molecule has 0 aromatic heterocycles. The van der Waals surface area contributed by atoms with Crippen molar-refractivity contribution in [1.82, 2.24) is 10.2 Å². The van der Waals surface area contributed by atoms with Gasteiger partial charge in [0, 0.05) is 31.2 Å². The maximum Gasteiger partial charge on any atom is 0.0236 e. The van der Waals surface area contributed by atoms with Crippen LogP contribution >= 0.6 is 0 Å². The first-order valence-electron chi connectivity index (χ1n) is 8.27. The number of rotatable bonds is 6. The van der Waals surface area contributed by atoms with E-state index in [0.717, 1.165) is 19.0 Å². The van der Waals surface area contributed by atoms with Crippen LogP contribution in [-0.2, 0) is 6.42 Å². The van der Waals surface area contributed by atoms with Crippen LogP contribution in [0.15, 0.2) is 30.3 Å². The van der Waals surface area contributed by atoms with E-state index >= 15 is 0 Å². The fourth-order valence-corrected chi connectivity index (χ4v) is 3.44. The zero-order valence-electron chi connectivity index (χ0n) is 13.3. The minimum absolute atomic E-state index is 0.597. The molecule has 2 heteroatoms. The Balaban J connectivity index is 1.96. The van der Waals surface area contributed by atoms with Crippen molar-refractivity contribution in [1.29, 1.82) is 0 Å². The number of hydrogen-bond donors (Lipinski definition) is 1. The molecule has 1 aliphatic rings. The lowest BCUT2D eigenvalue weighted by atomic mass is 9.98. The molecule has 112 valence electrons. The zero-order valence-corrected chi connectivity index (χ0v) is 13.3. The van der Waals surface area contributed by atoms with Gasteiger partial charge in [-0.25, -0.2) is 0 Å². The number of benzene rings is 1. The van der Waals surface area contributed by atoms with Crippen LogP contribution in [0.25, 0.3) is 0 Å². The fraction of sp³-hybridized carbons (Fsp3) is 0.667. The summed E-state index contributed by atoms with van der Waals surface area (Å²) in [6.45, 7) is 9.31. The van der Waals surface area contributed by atoms with E-state index in [1.165, 1.54) is 31.4 Å². The average Bonchev–Trinajstić information content (AvgIpc) is 2.48. The summed E-state index contributed by atoms with van der Waals surface area (Å²) < 4.78 is 0. The Bertz CT molecular complexity index is 376. The lowest BCUT2D eigenvalue weighted by Gasteiger charge is -2.43. The van der Waals surface area contributed by atoms with Crippen molar-refractivity contribution in [3.05, 3.63) is 35.9 Å². The normalized spacial score (nSPS) is 25.6. The molecule has 3 atom stereocenters. The SMILES string of the molecule is CCCC(CC)N1CC(Cc2ccccc2)NCC1C. The molecule has 2 rings (SSSR count). The third kappa shape index (κ3) is 4.07. The molecular weight excluding hydrogens is 244 g/mol. The molecule has 0 saturated carbocycles. The van der Waals surface area contributed by atoms with Crippen molar-refractivity contribution in [2.75, 3.05) is 13.1 Å². The van der Waals surface area contributed by atoms with Gasteiger partial charge >= 0.3 is 0 Å². The van der Waals surface area contributed by atoms with Gasteiger partial charge in [0.05, 0.1) is 0 Å². The van der Waals surface area contributed by atoms with Crippen LogP contribution in [0.2, 0.25) is 0 Å². The quantitative estimate of drug-likeness (QED) is 0.854. The van der Waals surface area contributed by atoms with Crippen molar-refractivity contribution >= 4 is 0 Å². The molecule has 0 spiro atoms. The van der Waals surface area contributed by atoms with Gasteiger partial charge in [-0.05, 0) is 31.7 Å². The summed E-state index contributed by atoms with van der Waals surface area (Å²) in [4.78, 5) is 2.74. The van der Waals surface area contributed by atoms with Gasteiger partial charge < -0.3 is 5.32 Å². The Morgan fingerprint density at radius 1 is 1.25 bits per heavy atom. The molecule has 1 N–H and O–H groups in total. The summed E-state index contributed by atoms with van der Waals surface area (Å²) in [7, 11) is 0. The van der Waals surface area contributed by atoms with Crippen LogP contribution in [0, 0.1) is 0 Å². The van der Waals surface area contributed by atoms with E-state index < -0.39 is 0 Å². The van der Waals surface area contributed by atoms with E-state index in [-0.39, 0.29) is 0 Å². The van der Waals surface area contributed by atoms with E-state index in [1.807, 2.05) is 0 Å². The standard InChI is InChI=1S/C18H30N2/c1-4-9-18(5-2)20-14-17(19-13-15(20)3)12-16-10-7-6-8-11-16/h6-8,10-11,15,17-19H,4-5,9,12-14H2,1-3H3. The Labute approximate surface area is 124 Å². The second-order valence-electron chi connectivity index (χ2n) is 6.19. The van der Waals surface area contributed by atoms with Gasteiger partial charge in [0.1, 0.15) is 0 Å². The van der Waals surface area contributed by atoms with Crippen molar-refractivity contribution in [3.8, 4) is 0 Å². The first-order chi connectivity index (χ1) is 9.74. The van der Waals surface area contributed by atoms with E-state index in [1.54, 1.807) is 0 Å². The molecule has 1 aromatic rings. The molecular formula is C18H30N2. The average molecular weight is 274 g/mol. The summed E-state index contributed by atoms with van der Waals surface area (Å²) >= 11 is 0. The topological polar surface area (TPSA) is 15.3 Å². The molecule has 1 fully saturated rings. The van der Waals surface area contributed by atoms with Crippen molar-refractivity contribution in [2.45, 2.75) is 64.6 Å². The first kappa shape index (κ1) is 15.5. The van der Waals surface area contributed by atoms with Gasteiger partial charge in [0.25, 0.3) is 0 Å². The van der Waals surface area contributed by atoms with Crippen LogP contribution in [0.5, 0.6) is 0 Å². The summed E-state index contributed by atoms with van der Waals surface area (Å²) in [5, 5.41) is 3.73. The summed E-state index contributed by atoms with van der Waals surface area (Å²) in [6.07, 6.45) is 5.04. The van der Waals surface area contributed by atoms with Crippen LogP contribution in [0.1, 0.15) is 45.6 Å². The monoisotopic (exact) mass is 274 g/mol. The highest BCUT2D eigenvalue weighted by Crippen LogP contribution is 2.19. The summed E-state index contributed by atoms with van der Waals surface area (Å²) in [5.41, 5.74) is 1.45. The van der Waals surface area contributed by atoms with Gasteiger partial charge in [-0.2, -0.15) is 0 Å². The molecule has 3 unspecified atom stereocenters. The predicted octanol–water partition coefficient (Wildman–Crippen LogP) is 3.47. The Kier molecular flexibility index (Phi) is 6.06. The highest BCUT2D eigenvalue weighted by molar-refractivity contribution is 5.16. The largest absolute Gasteiger partial charge is 0.311 e. The van der Waals surface area contributed by atoms with E-state index in [4.69, 9.17) is 0 Å². The highest BCUT2D eigenvalue weighted by atomic mass is 15.2. The zero-order chi connectivity index (χ0) is 14.4. The van der Waals surface area contributed by atoms with Gasteiger partial charge in [-0.1, -0.05) is 50.6 Å². The second-order valence-corrected chi connectivity index (χ2v) is 6.19. The van der Waals surface area contributed by atoms with Crippen LogP contribution in [0.3, 0.4) is 0 Å². The number of piperazine rings is 1. The van der Waals surface area contributed by atoms with E-state index in [2.05, 4.69) is 61.3 Å². The molecule has 0 amide bonds. The van der Waals surface area contributed by atoms with Crippen LogP contribution < -0.4 is 5.32 Å². The first-order valence-corrected chi connectivity index (χ1v) is 8.27. The fourth-order valence-electron chi connectivity index (χ4n) is 3.44. The molecule has 1 aliphatic heterocycles. The van der Waals surface area contributed by atoms with Crippen molar-refractivity contribution in [2.24, 2.45) is 0 Å². The number of nitrogens with zero attached hydrogens (tertiary/aromatic N) is 1. The third-order valence-electron chi connectivity index (χ3n) is 4.59. The number of nitrogens with one attached hydrogen (secondary N) is 1. The summed E-state index contributed by atoms with van der Waals surface area (Å²) in [5.74, 6) is 0. The number of hydrogen-bond acceptors (Lipinski definition) is 2. The third-order valence-corrected chi connectivity index (χ3v) is 4.59. The van der Waals surface area contributed by atoms with Crippen LogP contribution in [-0.4, -0.2) is 36.1 Å². The van der Waals surface area contributed by atoms with Gasteiger partial charge in [-0.15, -0.1) is 0 Å². The van der Waals surface area contributed by atoms with Gasteiger partial charge in [-0.3, -0.25) is 4.90 Å². The lowest BCUT2D eigenvalue weighted by molar-refractivity contribution is 0.0829. The molecule has 1 heterocycles. The molecule has 20 heavy (non-hydrogen) atoms. The highest BCUT2D eigenvalue weighted by Gasteiger charge is 2.29. The van der Waals surface area contributed by atoms with Crippen molar-refractivity contribution < 1.29 is 0 Å². The minimum atomic E-state index is 0.597. The maximum atomic E-state index is 3.73. The Hall–Kier alpha value is -0.860. The van der Waals surface area contributed by atoms with Crippen molar-refractivity contribution in [3.63, 3.8) is 0 Å². The smallest absolute Gasteiger partial charge is 0.0236 e. The summed E-state index contributed by atoms with van der Waals surface area (Å²) in [6, 6.07) is 12.9.